The fourth-order valence-corrected chi connectivity index (χ4v) is 2.76. The SMILES string of the molecule is CCOc1ccc(S(=O)(=O)NCC(C)NC)cc1OCC.Cl. The van der Waals surface area contributed by atoms with Crippen LogP contribution >= 0.6 is 12.4 Å². The van der Waals surface area contributed by atoms with Gasteiger partial charge in [0, 0.05) is 18.7 Å². The maximum Gasteiger partial charge on any atom is 0.240 e. The molecule has 0 aliphatic rings. The fraction of sp³-hybridized carbons (Fsp3) is 0.571. The van der Waals surface area contributed by atoms with Gasteiger partial charge in [0.1, 0.15) is 0 Å². The molecule has 1 atom stereocenters. The van der Waals surface area contributed by atoms with E-state index in [0.29, 0.717) is 31.3 Å². The Morgan fingerprint density at radius 1 is 1.14 bits per heavy atom. The quantitative estimate of drug-likeness (QED) is 0.708. The zero-order valence-electron chi connectivity index (χ0n) is 13.4. The Morgan fingerprint density at radius 3 is 2.27 bits per heavy atom. The minimum absolute atomic E-state index is 0. The second kappa shape index (κ2) is 9.89. The summed E-state index contributed by atoms with van der Waals surface area (Å²) in [5.74, 6) is 0.978. The number of likely N-dealkylation sites (N-methyl/N-ethyl adjacent to an activating group) is 1. The molecule has 0 bridgehead atoms. The fourth-order valence-electron chi connectivity index (χ4n) is 1.62. The van der Waals surface area contributed by atoms with Crippen molar-refractivity contribution in [3.05, 3.63) is 18.2 Å². The van der Waals surface area contributed by atoms with Crippen LogP contribution < -0.4 is 19.5 Å². The van der Waals surface area contributed by atoms with Crippen LogP contribution in [-0.4, -0.2) is 41.3 Å². The van der Waals surface area contributed by atoms with E-state index in [9.17, 15) is 8.42 Å². The van der Waals surface area contributed by atoms with E-state index in [-0.39, 0.29) is 23.3 Å². The Balaban J connectivity index is 0.00000441. The summed E-state index contributed by atoms with van der Waals surface area (Å²) < 4.78 is 37.9. The normalized spacial score (nSPS) is 12.4. The summed E-state index contributed by atoms with van der Waals surface area (Å²) in [5, 5.41) is 2.97. The van der Waals surface area contributed by atoms with Crippen molar-refractivity contribution in [3.63, 3.8) is 0 Å². The summed E-state index contributed by atoms with van der Waals surface area (Å²) in [6.07, 6.45) is 0. The first-order valence-electron chi connectivity index (χ1n) is 7.01. The molecule has 0 aliphatic carbocycles. The largest absolute Gasteiger partial charge is 0.490 e. The molecule has 0 fully saturated rings. The number of benzene rings is 1. The third kappa shape index (κ3) is 6.00. The van der Waals surface area contributed by atoms with E-state index in [1.807, 2.05) is 20.8 Å². The summed E-state index contributed by atoms with van der Waals surface area (Å²) in [7, 11) is -1.78. The van der Waals surface area contributed by atoms with Crippen molar-refractivity contribution in [3.8, 4) is 11.5 Å². The molecule has 128 valence electrons. The maximum absolute atomic E-state index is 12.2. The van der Waals surface area contributed by atoms with Crippen molar-refractivity contribution in [2.45, 2.75) is 31.7 Å². The van der Waals surface area contributed by atoms with Crippen LogP contribution in [-0.2, 0) is 10.0 Å². The van der Waals surface area contributed by atoms with E-state index in [2.05, 4.69) is 10.0 Å². The lowest BCUT2D eigenvalue weighted by Gasteiger charge is -2.14. The third-order valence-corrected chi connectivity index (χ3v) is 4.32. The molecule has 2 N–H and O–H groups in total. The molecule has 22 heavy (non-hydrogen) atoms. The second-order valence-corrected chi connectivity index (χ2v) is 6.28. The van der Waals surface area contributed by atoms with Crippen LogP contribution in [0.2, 0.25) is 0 Å². The average molecular weight is 353 g/mol. The number of hydrogen-bond acceptors (Lipinski definition) is 5. The van der Waals surface area contributed by atoms with Crippen LogP contribution in [0.5, 0.6) is 11.5 Å². The summed E-state index contributed by atoms with van der Waals surface area (Å²) >= 11 is 0. The number of hydrogen-bond donors (Lipinski definition) is 2. The van der Waals surface area contributed by atoms with Gasteiger partial charge >= 0.3 is 0 Å². The molecule has 0 heterocycles. The van der Waals surface area contributed by atoms with Crippen LogP contribution in [0.15, 0.2) is 23.1 Å². The van der Waals surface area contributed by atoms with Crippen molar-refractivity contribution in [2.24, 2.45) is 0 Å². The molecule has 1 unspecified atom stereocenters. The van der Waals surface area contributed by atoms with E-state index in [4.69, 9.17) is 9.47 Å². The molecule has 0 spiro atoms. The Kier molecular flexibility index (Phi) is 9.43. The summed E-state index contributed by atoms with van der Waals surface area (Å²) in [6.45, 7) is 6.84. The number of nitrogens with one attached hydrogen (secondary N) is 2. The molecular weight excluding hydrogens is 328 g/mol. The number of halogens is 1. The van der Waals surface area contributed by atoms with Crippen molar-refractivity contribution >= 4 is 22.4 Å². The summed E-state index contributed by atoms with van der Waals surface area (Å²) in [4.78, 5) is 0.165. The Bertz CT molecular complexity index is 552. The highest BCUT2D eigenvalue weighted by atomic mass is 35.5. The number of sulfonamides is 1. The van der Waals surface area contributed by atoms with Gasteiger partial charge in [-0.2, -0.15) is 0 Å². The highest BCUT2D eigenvalue weighted by Crippen LogP contribution is 2.30. The van der Waals surface area contributed by atoms with Crippen molar-refractivity contribution in [1.29, 1.82) is 0 Å². The first-order chi connectivity index (χ1) is 9.94. The third-order valence-electron chi connectivity index (χ3n) is 2.90. The van der Waals surface area contributed by atoms with Gasteiger partial charge in [0.15, 0.2) is 11.5 Å². The zero-order valence-corrected chi connectivity index (χ0v) is 15.0. The molecule has 8 heteroatoms. The van der Waals surface area contributed by atoms with Gasteiger partial charge in [-0.15, -0.1) is 12.4 Å². The number of ether oxygens (including phenoxy) is 2. The highest BCUT2D eigenvalue weighted by Gasteiger charge is 2.17. The standard InChI is InChI=1S/C14H24N2O4S.ClH/c1-5-19-13-8-7-12(9-14(13)20-6-2)21(17,18)16-10-11(3)15-4;/h7-9,11,15-16H,5-6,10H2,1-4H3;1H. The van der Waals surface area contributed by atoms with Gasteiger partial charge in [0.05, 0.1) is 18.1 Å². The van der Waals surface area contributed by atoms with Crippen LogP contribution in [0.3, 0.4) is 0 Å². The van der Waals surface area contributed by atoms with Gasteiger partial charge in [-0.1, -0.05) is 0 Å². The van der Waals surface area contributed by atoms with E-state index < -0.39 is 10.0 Å². The first-order valence-corrected chi connectivity index (χ1v) is 8.49. The molecule has 1 aromatic rings. The van der Waals surface area contributed by atoms with Crippen molar-refractivity contribution in [2.75, 3.05) is 26.8 Å². The van der Waals surface area contributed by atoms with Crippen LogP contribution in [0.25, 0.3) is 0 Å². The lowest BCUT2D eigenvalue weighted by molar-refractivity contribution is 0.287. The number of rotatable bonds is 9. The van der Waals surface area contributed by atoms with Gasteiger partial charge in [-0.25, -0.2) is 13.1 Å². The minimum atomic E-state index is -3.56. The van der Waals surface area contributed by atoms with E-state index in [1.54, 1.807) is 13.1 Å². The van der Waals surface area contributed by atoms with Crippen LogP contribution in [0, 0.1) is 0 Å². The zero-order chi connectivity index (χ0) is 15.9. The molecule has 1 rings (SSSR count). The summed E-state index contributed by atoms with van der Waals surface area (Å²) in [5.41, 5.74) is 0. The van der Waals surface area contributed by atoms with Gasteiger partial charge in [0.2, 0.25) is 10.0 Å². The molecule has 6 nitrogen and oxygen atoms in total. The van der Waals surface area contributed by atoms with Crippen molar-refractivity contribution in [1.82, 2.24) is 10.0 Å². The maximum atomic E-state index is 12.2. The Labute approximate surface area is 139 Å². The summed E-state index contributed by atoms with van der Waals surface area (Å²) in [6, 6.07) is 4.67. The first kappa shape index (κ1) is 21.0. The molecule has 0 amide bonds. The lowest BCUT2D eigenvalue weighted by atomic mass is 10.3. The minimum Gasteiger partial charge on any atom is -0.490 e. The lowest BCUT2D eigenvalue weighted by Crippen LogP contribution is -2.37. The van der Waals surface area contributed by atoms with E-state index in [1.165, 1.54) is 12.1 Å². The predicted octanol–water partition coefficient (Wildman–Crippen LogP) is 1.79. The van der Waals surface area contributed by atoms with Crippen LogP contribution in [0.1, 0.15) is 20.8 Å². The highest BCUT2D eigenvalue weighted by molar-refractivity contribution is 7.89. The molecular formula is C14H25ClN2O4S. The molecule has 0 radical (unpaired) electrons. The predicted molar refractivity (Wildman–Crippen MR) is 89.7 cm³/mol. The van der Waals surface area contributed by atoms with Gasteiger partial charge in [-0.05, 0) is 40.0 Å². The van der Waals surface area contributed by atoms with Gasteiger partial charge in [-0.3, -0.25) is 0 Å². The van der Waals surface area contributed by atoms with Gasteiger partial charge in [0.25, 0.3) is 0 Å². The molecule has 0 saturated heterocycles. The van der Waals surface area contributed by atoms with Crippen LogP contribution in [0.4, 0.5) is 0 Å². The molecule has 0 aromatic heterocycles. The monoisotopic (exact) mass is 352 g/mol. The average Bonchev–Trinajstić information content (AvgIpc) is 2.47. The van der Waals surface area contributed by atoms with E-state index >= 15 is 0 Å². The molecule has 0 aliphatic heterocycles. The Morgan fingerprint density at radius 2 is 1.73 bits per heavy atom. The smallest absolute Gasteiger partial charge is 0.240 e. The Hall–Kier alpha value is -1.02. The van der Waals surface area contributed by atoms with Crippen molar-refractivity contribution < 1.29 is 17.9 Å². The topological polar surface area (TPSA) is 76.7 Å². The molecule has 1 aromatic carbocycles. The van der Waals surface area contributed by atoms with Gasteiger partial charge < -0.3 is 14.8 Å². The molecule has 0 saturated carbocycles. The second-order valence-electron chi connectivity index (χ2n) is 4.52. The van der Waals surface area contributed by atoms with E-state index in [0.717, 1.165) is 0 Å².